The molecule has 0 spiro atoms. The molecule has 6 nitrogen and oxygen atoms in total. The highest BCUT2D eigenvalue weighted by molar-refractivity contribution is 7.92. The normalized spacial score (nSPS) is 11.5. The van der Waals surface area contributed by atoms with Crippen LogP contribution >= 0.6 is 11.6 Å². The lowest BCUT2D eigenvalue weighted by atomic mass is 10.2. The molecule has 3 aromatic rings. The molecule has 2 aromatic carbocycles. The van der Waals surface area contributed by atoms with Crippen molar-refractivity contribution in [2.24, 2.45) is 0 Å². The van der Waals surface area contributed by atoms with Crippen molar-refractivity contribution in [2.75, 3.05) is 4.72 Å². The second kappa shape index (κ2) is 6.42. The summed E-state index contributed by atoms with van der Waals surface area (Å²) < 4.78 is 29.4. The van der Waals surface area contributed by atoms with Crippen LogP contribution in [0.25, 0.3) is 5.69 Å². The first-order chi connectivity index (χ1) is 11.8. The smallest absolute Gasteiger partial charge is 0.312 e. The average molecular weight is 378 g/mol. The molecule has 3 rings (SSSR count). The van der Waals surface area contributed by atoms with Gasteiger partial charge in [-0.25, -0.2) is 13.2 Å². The van der Waals surface area contributed by atoms with Crippen LogP contribution in [0.2, 0.25) is 5.02 Å². The van der Waals surface area contributed by atoms with Gasteiger partial charge in [-0.3, -0.25) is 9.29 Å². The second-order valence-corrected chi connectivity index (χ2v) is 7.69. The molecule has 0 saturated carbocycles. The van der Waals surface area contributed by atoms with Crippen LogP contribution in [0.5, 0.6) is 0 Å². The van der Waals surface area contributed by atoms with E-state index in [-0.39, 0.29) is 21.3 Å². The highest BCUT2D eigenvalue weighted by atomic mass is 35.5. The Morgan fingerprint density at radius 2 is 1.84 bits per heavy atom. The minimum Gasteiger partial charge on any atom is -0.312 e. The van der Waals surface area contributed by atoms with Gasteiger partial charge in [0, 0.05) is 11.9 Å². The predicted octanol–water partition coefficient (Wildman–Crippen LogP) is 3.24. The summed E-state index contributed by atoms with van der Waals surface area (Å²) in [5.74, 6) is 0. The van der Waals surface area contributed by atoms with Crippen molar-refractivity contribution in [1.29, 1.82) is 0 Å². The average Bonchev–Trinajstić information content (AvgIpc) is 2.86. The fraction of sp³-hybridized carbons (Fsp3) is 0.118. The van der Waals surface area contributed by atoms with Crippen LogP contribution in [0, 0.1) is 13.8 Å². The largest absolute Gasteiger partial charge is 0.330 e. The van der Waals surface area contributed by atoms with E-state index < -0.39 is 10.0 Å². The first kappa shape index (κ1) is 17.3. The molecule has 1 aromatic heterocycles. The van der Waals surface area contributed by atoms with E-state index in [1.54, 1.807) is 49.5 Å². The molecule has 0 bridgehead atoms. The van der Waals surface area contributed by atoms with Crippen LogP contribution in [-0.4, -0.2) is 18.0 Å². The molecular formula is C17H16ClN3O3S. The Hall–Kier alpha value is -2.51. The molecule has 0 saturated heterocycles. The van der Waals surface area contributed by atoms with E-state index in [4.69, 9.17) is 11.6 Å². The Morgan fingerprint density at radius 3 is 2.48 bits per heavy atom. The Kier molecular flexibility index (Phi) is 4.45. The van der Waals surface area contributed by atoms with Gasteiger partial charge in [0.05, 0.1) is 16.4 Å². The van der Waals surface area contributed by atoms with E-state index >= 15 is 0 Å². The number of aromatic nitrogens is 2. The highest BCUT2D eigenvalue weighted by Crippen LogP contribution is 2.27. The van der Waals surface area contributed by atoms with Gasteiger partial charge in [0.25, 0.3) is 10.0 Å². The summed E-state index contributed by atoms with van der Waals surface area (Å²) in [5.41, 5.74) is 1.88. The Bertz CT molecular complexity index is 1100. The molecule has 25 heavy (non-hydrogen) atoms. The van der Waals surface area contributed by atoms with E-state index in [0.717, 1.165) is 5.56 Å². The molecule has 1 heterocycles. The molecule has 0 atom stereocenters. The van der Waals surface area contributed by atoms with Crippen molar-refractivity contribution in [2.45, 2.75) is 18.7 Å². The number of H-pyrrole nitrogens is 1. The standard InChI is InChI=1S/C17H16ClN3O3S/c1-11-7-8-16(13(18)9-11)25(23,24)20-14-5-3-4-6-15(14)21-12(2)10-19-17(21)22/h3-10,20H,1-2H3,(H,19,22). The molecule has 0 amide bonds. The third-order valence-corrected chi connectivity index (χ3v) is 5.57. The quantitative estimate of drug-likeness (QED) is 0.732. The van der Waals surface area contributed by atoms with Gasteiger partial charge in [-0.2, -0.15) is 0 Å². The van der Waals surface area contributed by atoms with Gasteiger partial charge in [-0.05, 0) is 43.7 Å². The molecular weight excluding hydrogens is 362 g/mol. The van der Waals surface area contributed by atoms with Crippen molar-refractivity contribution in [3.05, 3.63) is 75.4 Å². The van der Waals surface area contributed by atoms with Crippen LogP contribution < -0.4 is 10.4 Å². The van der Waals surface area contributed by atoms with E-state index in [1.807, 2.05) is 6.92 Å². The first-order valence-corrected chi connectivity index (χ1v) is 9.31. The monoisotopic (exact) mass is 377 g/mol. The van der Waals surface area contributed by atoms with E-state index in [1.165, 1.54) is 10.6 Å². The van der Waals surface area contributed by atoms with Gasteiger partial charge in [0.15, 0.2) is 0 Å². The van der Waals surface area contributed by atoms with Crippen LogP contribution in [0.3, 0.4) is 0 Å². The number of para-hydroxylation sites is 2. The molecule has 0 aliphatic rings. The summed E-state index contributed by atoms with van der Waals surface area (Å²) in [6.07, 6.45) is 1.56. The van der Waals surface area contributed by atoms with Crippen molar-refractivity contribution in [1.82, 2.24) is 9.55 Å². The van der Waals surface area contributed by atoms with Crippen molar-refractivity contribution in [3.8, 4) is 5.69 Å². The summed E-state index contributed by atoms with van der Waals surface area (Å²) in [6, 6.07) is 11.4. The van der Waals surface area contributed by atoms with Crippen LogP contribution in [0.1, 0.15) is 11.3 Å². The zero-order valence-electron chi connectivity index (χ0n) is 13.6. The molecule has 0 aliphatic heterocycles. The molecule has 0 radical (unpaired) electrons. The highest BCUT2D eigenvalue weighted by Gasteiger charge is 2.20. The van der Waals surface area contributed by atoms with Gasteiger partial charge in [-0.15, -0.1) is 0 Å². The number of nitrogens with one attached hydrogen (secondary N) is 2. The minimum atomic E-state index is -3.91. The molecule has 0 unspecified atom stereocenters. The number of sulfonamides is 1. The second-order valence-electron chi connectivity index (χ2n) is 5.63. The molecule has 130 valence electrons. The molecule has 2 N–H and O–H groups in total. The van der Waals surface area contributed by atoms with Crippen LogP contribution in [0.4, 0.5) is 5.69 Å². The van der Waals surface area contributed by atoms with E-state index in [9.17, 15) is 13.2 Å². The van der Waals surface area contributed by atoms with Crippen molar-refractivity contribution >= 4 is 27.3 Å². The number of rotatable bonds is 4. The predicted molar refractivity (Wildman–Crippen MR) is 98.1 cm³/mol. The van der Waals surface area contributed by atoms with Crippen LogP contribution in [-0.2, 0) is 10.0 Å². The fourth-order valence-electron chi connectivity index (χ4n) is 2.53. The number of hydrogen-bond donors (Lipinski definition) is 2. The Morgan fingerprint density at radius 1 is 1.12 bits per heavy atom. The SMILES string of the molecule is Cc1ccc(S(=O)(=O)Nc2ccccc2-n2c(C)c[nH]c2=O)c(Cl)c1. The number of anilines is 1. The molecule has 8 heteroatoms. The number of benzene rings is 2. The number of nitrogens with zero attached hydrogens (tertiary/aromatic N) is 1. The van der Waals surface area contributed by atoms with E-state index in [2.05, 4.69) is 9.71 Å². The molecule has 0 aliphatic carbocycles. The number of aryl methyl sites for hydroxylation is 2. The summed E-state index contributed by atoms with van der Waals surface area (Å²) >= 11 is 6.09. The summed E-state index contributed by atoms with van der Waals surface area (Å²) in [7, 11) is -3.91. The van der Waals surface area contributed by atoms with Gasteiger partial charge in [0.1, 0.15) is 4.90 Å². The van der Waals surface area contributed by atoms with Crippen LogP contribution in [0.15, 0.2) is 58.4 Å². The Balaban J connectivity index is 2.09. The zero-order chi connectivity index (χ0) is 18.2. The number of imidazole rings is 1. The van der Waals surface area contributed by atoms with Gasteiger partial charge in [-0.1, -0.05) is 29.8 Å². The van der Waals surface area contributed by atoms with E-state index in [0.29, 0.717) is 11.4 Å². The zero-order valence-corrected chi connectivity index (χ0v) is 15.1. The summed E-state index contributed by atoms with van der Waals surface area (Å²) in [6.45, 7) is 3.58. The van der Waals surface area contributed by atoms with Gasteiger partial charge in [0.2, 0.25) is 0 Å². The maximum atomic E-state index is 12.7. The lowest BCUT2D eigenvalue weighted by Crippen LogP contribution is -2.20. The van der Waals surface area contributed by atoms with Gasteiger partial charge < -0.3 is 4.98 Å². The fourth-order valence-corrected chi connectivity index (χ4v) is 4.21. The Labute approximate surface area is 150 Å². The number of hydrogen-bond acceptors (Lipinski definition) is 3. The van der Waals surface area contributed by atoms with Crippen molar-refractivity contribution < 1.29 is 8.42 Å². The minimum absolute atomic E-state index is 0.0206. The maximum Gasteiger partial charge on any atom is 0.330 e. The maximum absolute atomic E-state index is 12.7. The van der Waals surface area contributed by atoms with Crippen molar-refractivity contribution in [3.63, 3.8) is 0 Å². The first-order valence-electron chi connectivity index (χ1n) is 7.45. The number of aromatic amines is 1. The van der Waals surface area contributed by atoms with Gasteiger partial charge >= 0.3 is 5.69 Å². The lowest BCUT2D eigenvalue weighted by molar-refractivity contribution is 0.601. The third-order valence-electron chi connectivity index (χ3n) is 3.73. The lowest BCUT2D eigenvalue weighted by Gasteiger charge is -2.14. The molecule has 0 fully saturated rings. The topological polar surface area (TPSA) is 84.0 Å². The summed E-state index contributed by atoms with van der Waals surface area (Å²) in [4.78, 5) is 14.6. The third kappa shape index (κ3) is 3.33. The number of halogens is 1. The summed E-state index contributed by atoms with van der Waals surface area (Å²) in [5, 5.41) is 0.139.